The second-order valence-corrected chi connectivity index (χ2v) is 7.17. The summed E-state index contributed by atoms with van der Waals surface area (Å²) in [4.78, 5) is 15.4. The van der Waals surface area contributed by atoms with E-state index in [1.54, 1.807) is 12.1 Å². The van der Waals surface area contributed by atoms with Crippen LogP contribution in [0.25, 0.3) is 0 Å². The van der Waals surface area contributed by atoms with Crippen LogP contribution in [-0.2, 0) is 0 Å². The highest BCUT2D eigenvalue weighted by molar-refractivity contribution is 5.64. The summed E-state index contributed by atoms with van der Waals surface area (Å²) in [6.07, 6.45) is 4.42. The van der Waals surface area contributed by atoms with Gasteiger partial charge in [0.25, 0.3) is 0 Å². The van der Waals surface area contributed by atoms with Crippen molar-refractivity contribution in [3.63, 3.8) is 0 Å². The van der Waals surface area contributed by atoms with Gasteiger partial charge in [-0.1, -0.05) is 12.8 Å². The molecule has 154 valence electrons. The fourth-order valence-corrected chi connectivity index (χ4v) is 3.35. The van der Waals surface area contributed by atoms with Gasteiger partial charge in [-0.25, -0.2) is 4.79 Å². The summed E-state index contributed by atoms with van der Waals surface area (Å²) in [6, 6.07) is 9.36. The molecule has 28 heavy (non-hydrogen) atoms. The first-order valence-electron chi connectivity index (χ1n) is 10.2. The Morgan fingerprint density at radius 2 is 1.61 bits per heavy atom. The summed E-state index contributed by atoms with van der Waals surface area (Å²) in [5.74, 6) is 0.822. The number of hydrogen-bond acceptors (Lipinski definition) is 5. The van der Waals surface area contributed by atoms with Crippen LogP contribution in [0.4, 0.5) is 4.79 Å². The van der Waals surface area contributed by atoms with Gasteiger partial charge in [-0.05, 0) is 50.1 Å². The monoisotopic (exact) mass is 388 g/mol. The van der Waals surface area contributed by atoms with Crippen molar-refractivity contribution in [3.8, 4) is 11.8 Å². The van der Waals surface area contributed by atoms with Crippen LogP contribution in [0.1, 0.15) is 37.7 Å². The SMILES string of the molecule is N#Cc1ccc(OCCCN2CCN(CCCCCCNC(=O)O)CC2)cc1. The van der Waals surface area contributed by atoms with E-state index in [2.05, 4.69) is 21.2 Å². The van der Waals surface area contributed by atoms with Crippen molar-refractivity contribution in [2.75, 3.05) is 52.4 Å². The van der Waals surface area contributed by atoms with Crippen molar-refractivity contribution in [2.24, 2.45) is 0 Å². The molecular weight excluding hydrogens is 356 g/mol. The van der Waals surface area contributed by atoms with E-state index in [9.17, 15) is 4.79 Å². The molecule has 1 aliphatic rings. The van der Waals surface area contributed by atoms with E-state index in [0.717, 1.165) is 70.7 Å². The Morgan fingerprint density at radius 1 is 1.00 bits per heavy atom. The van der Waals surface area contributed by atoms with Gasteiger partial charge in [-0.3, -0.25) is 0 Å². The zero-order valence-corrected chi connectivity index (χ0v) is 16.6. The molecule has 2 rings (SSSR count). The maximum absolute atomic E-state index is 10.4. The van der Waals surface area contributed by atoms with Crippen LogP contribution >= 0.6 is 0 Å². The lowest BCUT2D eigenvalue weighted by Gasteiger charge is -2.34. The summed E-state index contributed by atoms with van der Waals surface area (Å²) in [6.45, 7) is 7.92. The number of carbonyl (C=O) groups is 1. The fourth-order valence-electron chi connectivity index (χ4n) is 3.35. The van der Waals surface area contributed by atoms with Crippen LogP contribution in [0.2, 0.25) is 0 Å². The van der Waals surface area contributed by atoms with E-state index in [4.69, 9.17) is 15.1 Å². The molecule has 7 heteroatoms. The topological polar surface area (TPSA) is 88.8 Å². The first-order chi connectivity index (χ1) is 13.7. The molecule has 1 fully saturated rings. The van der Waals surface area contributed by atoms with Crippen LogP contribution in [0.15, 0.2) is 24.3 Å². The zero-order valence-electron chi connectivity index (χ0n) is 16.6. The number of ether oxygens (including phenoxy) is 1. The van der Waals surface area contributed by atoms with Gasteiger partial charge in [0, 0.05) is 39.3 Å². The van der Waals surface area contributed by atoms with E-state index >= 15 is 0 Å². The summed E-state index contributed by atoms with van der Waals surface area (Å²) < 4.78 is 5.74. The van der Waals surface area contributed by atoms with Crippen LogP contribution < -0.4 is 10.1 Å². The van der Waals surface area contributed by atoms with Gasteiger partial charge in [-0.15, -0.1) is 0 Å². The average Bonchev–Trinajstić information content (AvgIpc) is 2.71. The number of nitrogens with one attached hydrogen (secondary N) is 1. The predicted octanol–water partition coefficient (Wildman–Crippen LogP) is 2.77. The number of nitriles is 1. The van der Waals surface area contributed by atoms with Crippen LogP contribution in [0.3, 0.4) is 0 Å². The Kier molecular flexibility index (Phi) is 10.2. The number of hydrogen-bond donors (Lipinski definition) is 2. The van der Waals surface area contributed by atoms with E-state index in [0.29, 0.717) is 18.7 Å². The average molecular weight is 389 g/mol. The molecule has 1 aromatic rings. The maximum Gasteiger partial charge on any atom is 0.404 e. The third-order valence-electron chi connectivity index (χ3n) is 5.01. The Balaban J connectivity index is 1.45. The summed E-state index contributed by atoms with van der Waals surface area (Å²) in [5, 5.41) is 19.7. The Hall–Kier alpha value is -2.30. The zero-order chi connectivity index (χ0) is 20.0. The Bertz CT molecular complexity index is 607. The molecule has 7 nitrogen and oxygen atoms in total. The molecule has 1 aliphatic heterocycles. The predicted molar refractivity (Wildman–Crippen MR) is 109 cm³/mol. The molecule has 1 saturated heterocycles. The molecule has 0 aromatic heterocycles. The lowest BCUT2D eigenvalue weighted by molar-refractivity contribution is 0.124. The minimum absolute atomic E-state index is 0.558. The van der Waals surface area contributed by atoms with Gasteiger partial charge < -0.3 is 25.0 Å². The largest absolute Gasteiger partial charge is 0.494 e. The number of rotatable bonds is 12. The first kappa shape index (κ1) is 22.0. The van der Waals surface area contributed by atoms with Crippen LogP contribution in [-0.4, -0.2) is 73.4 Å². The molecule has 0 saturated carbocycles. The number of piperazine rings is 1. The summed E-state index contributed by atoms with van der Waals surface area (Å²) >= 11 is 0. The van der Waals surface area contributed by atoms with Crippen molar-refractivity contribution in [1.29, 1.82) is 5.26 Å². The smallest absolute Gasteiger partial charge is 0.404 e. The molecule has 0 aliphatic carbocycles. The van der Waals surface area contributed by atoms with E-state index in [-0.39, 0.29) is 0 Å². The number of carboxylic acid groups (broad SMARTS) is 1. The molecule has 0 spiro atoms. The van der Waals surface area contributed by atoms with Crippen molar-refractivity contribution >= 4 is 6.09 Å². The van der Waals surface area contributed by atoms with Crippen molar-refractivity contribution < 1.29 is 14.6 Å². The van der Waals surface area contributed by atoms with Crippen molar-refractivity contribution in [3.05, 3.63) is 29.8 Å². The van der Waals surface area contributed by atoms with Crippen LogP contribution in [0, 0.1) is 11.3 Å². The number of amides is 1. The normalized spacial score (nSPS) is 15.1. The molecule has 0 bridgehead atoms. The van der Waals surface area contributed by atoms with E-state index < -0.39 is 6.09 Å². The molecule has 1 amide bonds. The second-order valence-electron chi connectivity index (χ2n) is 7.17. The molecule has 1 heterocycles. The molecule has 0 radical (unpaired) electrons. The number of benzene rings is 1. The highest BCUT2D eigenvalue weighted by atomic mass is 16.5. The van der Waals surface area contributed by atoms with E-state index in [1.165, 1.54) is 6.42 Å². The van der Waals surface area contributed by atoms with Gasteiger partial charge in [0.1, 0.15) is 5.75 Å². The third-order valence-corrected chi connectivity index (χ3v) is 5.01. The number of unbranched alkanes of at least 4 members (excludes halogenated alkanes) is 3. The molecule has 1 aromatic carbocycles. The van der Waals surface area contributed by atoms with Gasteiger partial charge in [0.05, 0.1) is 18.2 Å². The first-order valence-corrected chi connectivity index (χ1v) is 10.2. The number of nitrogens with zero attached hydrogens (tertiary/aromatic N) is 3. The fraction of sp³-hybridized carbons (Fsp3) is 0.619. The summed E-state index contributed by atoms with van der Waals surface area (Å²) in [5.41, 5.74) is 0.653. The molecule has 2 N–H and O–H groups in total. The lowest BCUT2D eigenvalue weighted by atomic mass is 10.2. The van der Waals surface area contributed by atoms with Crippen molar-refractivity contribution in [2.45, 2.75) is 32.1 Å². The van der Waals surface area contributed by atoms with Gasteiger partial charge in [-0.2, -0.15) is 5.26 Å². The highest BCUT2D eigenvalue weighted by Gasteiger charge is 2.15. The van der Waals surface area contributed by atoms with E-state index in [1.807, 2.05) is 12.1 Å². The van der Waals surface area contributed by atoms with Crippen molar-refractivity contribution in [1.82, 2.24) is 15.1 Å². The Morgan fingerprint density at radius 3 is 2.21 bits per heavy atom. The minimum Gasteiger partial charge on any atom is -0.494 e. The summed E-state index contributed by atoms with van der Waals surface area (Å²) in [7, 11) is 0. The minimum atomic E-state index is -0.932. The standard InChI is InChI=1S/C21H32N4O3/c22-18-19-6-8-20(9-7-19)28-17-5-12-25-15-13-24(14-16-25)11-4-2-1-3-10-23-21(26)27/h6-9,23H,1-5,10-17H2,(H,26,27). The quantitative estimate of drug-likeness (QED) is 0.535. The second kappa shape index (κ2) is 13.0. The molecular formula is C21H32N4O3. The molecule has 0 atom stereocenters. The van der Waals surface area contributed by atoms with Gasteiger partial charge in [0.15, 0.2) is 0 Å². The Labute approximate surface area is 167 Å². The van der Waals surface area contributed by atoms with Crippen LogP contribution in [0.5, 0.6) is 5.75 Å². The molecule has 0 unspecified atom stereocenters. The maximum atomic E-state index is 10.4. The third kappa shape index (κ3) is 9.07. The van der Waals surface area contributed by atoms with Gasteiger partial charge >= 0.3 is 6.09 Å². The van der Waals surface area contributed by atoms with Gasteiger partial charge in [0.2, 0.25) is 0 Å². The lowest BCUT2D eigenvalue weighted by Crippen LogP contribution is -2.46. The highest BCUT2D eigenvalue weighted by Crippen LogP contribution is 2.12.